The van der Waals surface area contributed by atoms with Crippen molar-refractivity contribution in [2.45, 2.75) is 24.8 Å². The highest BCUT2D eigenvalue weighted by molar-refractivity contribution is 5.92. The second-order valence-corrected chi connectivity index (χ2v) is 8.75. The predicted molar refractivity (Wildman–Crippen MR) is 120 cm³/mol. The first-order chi connectivity index (χ1) is 16.7. The lowest BCUT2D eigenvalue weighted by Crippen LogP contribution is -2.46. The van der Waals surface area contributed by atoms with E-state index in [0.29, 0.717) is 31.7 Å². The Morgan fingerprint density at radius 2 is 1.86 bits per heavy atom. The van der Waals surface area contributed by atoms with Crippen LogP contribution in [0.1, 0.15) is 34.1 Å². The van der Waals surface area contributed by atoms with Crippen LogP contribution in [0.25, 0.3) is 11.0 Å². The van der Waals surface area contributed by atoms with Gasteiger partial charge in [0, 0.05) is 51.8 Å². The van der Waals surface area contributed by atoms with Gasteiger partial charge < -0.3 is 15.2 Å². The lowest BCUT2D eigenvalue weighted by Gasteiger charge is -2.36. The van der Waals surface area contributed by atoms with E-state index in [1.165, 1.54) is 31.3 Å². The lowest BCUT2D eigenvalue weighted by molar-refractivity contribution is 0.0956. The number of hydrogen-bond donors (Lipinski definition) is 2. The Kier molecular flexibility index (Phi) is 5.70. The van der Waals surface area contributed by atoms with Crippen LogP contribution in [0.5, 0.6) is 0 Å². The topological polar surface area (TPSA) is 94.2 Å². The van der Waals surface area contributed by atoms with E-state index in [9.17, 15) is 22.8 Å². The summed E-state index contributed by atoms with van der Waals surface area (Å²) < 4.78 is 56.4. The minimum absolute atomic E-state index is 0.00957. The molecule has 3 aromatic rings. The van der Waals surface area contributed by atoms with Gasteiger partial charge in [-0.1, -0.05) is 6.07 Å². The molecule has 1 aromatic carbocycles. The van der Waals surface area contributed by atoms with E-state index in [4.69, 9.17) is 0 Å². The molecular formula is C23H22F4N6O2. The van der Waals surface area contributed by atoms with Gasteiger partial charge in [-0.05, 0) is 18.2 Å². The molecule has 12 heteroatoms. The summed E-state index contributed by atoms with van der Waals surface area (Å²) in [6, 6.07) is 6.02. The van der Waals surface area contributed by atoms with Gasteiger partial charge in [0.1, 0.15) is 16.9 Å². The summed E-state index contributed by atoms with van der Waals surface area (Å²) >= 11 is 0. The fraction of sp³-hybridized carbons (Fsp3) is 0.391. The highest BCUT2D eigenvalue weighted by Crippen LogP contribution is 2.54. The van der Waals surface area contributed by atoms with Gasteiger partial charge in [-0.2, -0.15) is 4.39 Å². The van der Waals surface area contributed by atoms with E-state index in [0.717, 1.165) is 0 Å². The number of alkyl halides is 2. The van der Waals surface area contributed by atoms with Crippen molar-refractivity contribution in [1.82, 2.24) is 25.2 Å². The summed E-state index contributed by atoms with van der Waals surface area (Å²) in [5.74, 6) is -6.03. The van der Waals surface area contributed by atoms with Gasteiger partial charge in [0.2, 0.25) is 5.95 Å². The summed E-state index contributed by atoms with van der Waals surface area (Å²) in [5.41, 5.74) is -0.451. The van der Waals surface area contributed by atoms with Crippen molar-refractivity contribution >= 4 is 22.6 Å². The molecule has 2 fully saturated rings. The number of benzene rings is 1. The van der Waals surface area contributed by atoms with Crippen LogP contribution in [0.15, 0.2) is 29.1 Å². The first kappa shape index (κ1) is 23.2. The van der Waals surface area contributed by atoms with Gasteiger partial charge in [0.05, 0.1) is 17.1 Å². The monoisotopic (exact) mass is 490 g/mol. The van der Waals surface area contributed by atoms with Crippen LogP contribution < -0.4 is 15.8 Å². The molecule has 1 saturated carbocycles. The molecule has 35 heavy (non-hydrogen) atoms. The molecular weight excluding hydrogens is 468 g/mol. The molecule has 3 heterocycles. The van der Waals surface area contributed by atoms with Gasteiger partial charge >= 0.3 is 0 Å². The number of amides is 1. The summed E-state index contributed by atoms with van der Waals surface area (Å²) in [6.45, 7) is 2.20. The second kappa shape index (κ2) is 8.59. The third kappa shape index (κ3) is 4.33. The normalized spacial score (nSPS) is 19.7. The zero-order valence-corrected chi connectivity index (χ0v) is 18.7. The molecule has 1 saturated heterocycles. The third-order valence-electron chi connectivity index (χ3n) is 6.46. The van der Waals surface area contributed by atoms with Crippen molar-refractivity contribution in [2.24, 2.45) is 0 Å². The molecule has 8 nitrogen and oxygen atoms in total. The fourth-order valence-electron chi connectivity index (χ4n) is 4.35. The molecule has 0 bridgehead atoms. The molecule has 2 aliphatic rings. The van der Waals surface area contributed by atoms with Crippen molar-refractivity contribution < 1.29 is 22.4 Å². The number of nitrogens with one attached hydrogen (secondary N) is 2. The van der Waals surface area contributed by atoms with Crippen LogP contribution >= 0.6 is 0 Å². The molecule has 0 radical (unpaired) electrons. The maximum absolute atomic E-state index is 15.1. The van der Waals surface area contributed by atoms with Crippen LogP contribution in [0, 0.1) is 11.8 Å². The molecule has 184 valence electrons. The molecule has 5 rings (SSSR count). The van der Waals surface area contributed by atoms with Crippen LogP contribution in [-0.2, 0) is 6.54 Å². The number of H-pyrrole nitrogens is 1. The standard InChI is InChI=1S/C23H22F4N6O2/c1-28-21(34)15-4-5-16(20(25)30-15)33-8-6-32(7-9-33)11-12-2-3-14-19(17(12)24)31-22(35)18(29-14)13-10-23(13,26)27/h2-5,13H,6-11H2,1H3,(H,28,34)(H,31,35)/t13-/m1/s1. The Morgan fingerprint density at radius 3 is 2.49 bits per heavy atom. The molecule has 1 amide bonds. The van der Waals surface area contributed by atoms with Gasteiger partial charge in [0.25, 0.3) is 17.4 Å². The summed E-state index contributed by atoms with van der Waals surface area (Å²) in [7, 11) is 1.44. The Labute approximate surface area is 197 Å². The minimum atomic E-state index is -2.94. The van der Waals surface area contributed by atoms with Crippen molar-refractivity contribution in [2.75, 3.05) is 38.1 Å². The van der Waals surface area contributed by atoms with Crippen LogP contribution in [0.4, 0.5) is 23.2 Å². The van der Waals surface area contributed by atoms with Crippen molar-refractivity contribution in [3.8, 4) is 0 Å². The maximum atomic E-state index is 15.1. The van der Waals surface area contributed by atoms with E-state index < -0.39 is 41.5 Å². The number of aromatic nitrogens is 3. The van der Waals surface area contributed by atoms with E-state index in [1.807, 2.05) is 4.90 Å². The van der Waals surface area contributed by atoms with Crippen molar-refractivity contribution in [1.29, 1.82) is 0 Å². The average Bonchev–Trinajstić information content (AvgIpc) is 3.48. The van der Waals surface area contributed by atoms with Crippen LogP contribution in [0.3, 0.4) is 0 Å². The fourth-order valence-corrected chi connectivity index (χ4v) is 4.35. The average molecular weight is 490 g/mol. The molecule has 1 atom stereocenters. The SMILES string of the molecule is CNC(=O)c1ccc(N2CCN(Cc3ccc4nc([C@H]5CC5(F)F)c(=O)[nH]c4c3F)CC2)c(F)n1. The smallest absolute Gasteiger partial charge is 0.270 e. The molecule has 1 aliphatic heterocycles. The lowest BCUT2D eigenvalue weighted by atomic mass is 10.1. The number of halogens is 4. The van der Waals surface area contributed by atoms with E-state index in [-0.39, 0.29) is 34.7 Å². The van der Waals surface area contributed by atoms with E-state index >= 15 is 4.39 Å². The second-order valence-electron chi connectivity index (χ2n) is 8.75. The maximum Gasteiger partial charge on any atom is 0.270 e. The largest absolute Gasteiger partial charge is 0.365 e. The zero-order valence-electron chi connectivity index (χ0n) is 18.7. The highest BCUT2D eigenvalue weighted by atomic mass is 19.3. The number of pyridine rings is 1. The number of hydrogen-bond acceptors (Lipinski definition) is 6. The Balaban J connectivity index is 1.28. The van der Waals surface area contributed by atoms with Gasteiger partial charge in [-0.15, -0.1) is 0 Å². The minimum Gasteiger partial charge on any atom is -0.365 e. The number of anilines is 1. The van der Waals surface area contributed by atoms with Crippen molar-refractivity contribution in [3.63, 3.8) is 0 Å². The quantitative estimate of drug-likeness (QED) is 0.422. The number of rotatable bonds is 5. The van der Waals surface area contributed by atoms with E-state index in [1.54, 1.807) is 4.90 Å². The van der Waals surface area contributed by atoms with Crippen LogP contribution in [0.2, 0.25) is 0 Å². The Morgan fingerprint density at radius 1 is 1.14 bits per heavy atom. The van der Waals surface area contributed by atoms with Crippen LogP contribution in [-0.4, -0.2) is 64.9 Å². The van der Waals surface area contributed by atoms with E-state index in [2.05, 4.69) is 20.3 Å². The predicted octanol–water partition coefficient (Wildman–Crippen LogP) is 2.40. The zero-order chi connectivity index (χ0) is 24.9. The molecule has 1 aliphatic carbocycles. The first-order valence-corrected chi connectivity index (χ1v) is 11.1. The number of carbonyl (C=O) groups excluding carboxylic acids is 1. The number of aromatic amines is 1. The molecule has 2 aromatic heterocycles. The first-order valence-electron chi connectivity index (χ1n) is 11.1. The number of piperazine rings is 1. The van der Waals surface area contributed by atoms with Gasteiger partial charge in [-0.3, -0.25) is 14.5 Å². The summed E-state index contributed by atoms with van der Waals surface area (Å²) in [6.07, 6.45) is -0.431. The molecule has 2 N–H and O–H groups in total. The molecule has 0 unspecified atom stereocenters. The van der Waals surface area contributed by atoms with Crippen molar-refractivity contribution in [3.05, 3.63) is 63.3 Å². The molecule has 0 spiro atoms. The summed E-state index contributed by atoms with van der Waals surface area (Å²) in [4.78, 5) is 37.8. The Hall–Kier alpha value is -3.54. The van der Waals surface area contributed by atoms with Gasteiger partial charge in [-0.25, -0.2) is 23.1 Å². The summed E-state index contributed by atoms with van der Waals surface area (Å²) in [5, 5.41) is 2.40. The highest BCUT2D eigenvalue weighted by Gasteiger charge is 2.59. The number of carbonyl (C=O) groups is 1. The third-order valence-corrected chi connectivity index (χ3v) is 6.46. The number of fused-ring (bicyclic) bond motifs is 1. The Bertz CT molecular complexity index is 1370. The van der Waals surface area contributed by atoms with Gasteiger partial charge in [0.15, 0.2) is 5.82 Å². The number of nitrogens with zero attached hydrogens (tertiary/aromatic N) is 4.